The van der Waals surface area contributed by atoms with Crippen LogP contribution >= 0.6 is 0 Å². The summed E-state index contributed by atoms with van der Waals surface area (Å²) in [5.74, 6) is -0.648. The van der Waals surface area contributed by atoms with Crippen LogP contribution in [-0.2, 0) is 27.4 Å². The first-order valence-electron chi connectivity index (χ1n) is 10.6. The van der Waals surface area contributed by atoms with Gasteiger partial charge in [0.2, 0.25) is 0 Å². The lowest BCUT2D eigenvalue weighted by Crippen LogP contribution is -2.14. The summed E-state index contributed by atoms with van der Waals surface area (Å²) in [5, 5.41) is 0.830. The number of para-hydroxylation sites is 1. The number of fused-ring (bicyclic) bond motifs is 1. The normalized spacial score (nSPS) is 10.7. The van der Waals surface area contributed by atoms with E-state index in [2.05, 4.69) is 0 Å². The van der Waals surface area contributed by atoms with E-state index < -0.39 is 5.97 Å². The second-order valence-corrected chi connectivity index (χ2v) is 7.66. The minimum absolute atomic E-state index is 0.0604. The highest BCUT2D eigenvalue weighted by atomic mass is 16.5. The molecule has 0 aliphatic heterocycles. The number of rotatable bonds is 6. The van der Waals surface area contributed by atoms with Crippen molar-refractivity contribution in [3.8, 4) is 5.75 Å². The molecule has 6 nitrogen and oxygen atoms in total. The number of esters is 2. The second-order valence-electron chi connectivity index (χ2n) is 7.66. The van der Waals surface area contributed by atoms with E-state index in [1.54, 1.807) is 28.8 Å². The molecule has 3 aromatic carbocycles. The van der Waals surface area contributed by atoms with Gasteiger partial charge in [0.25, 0.3) is 5.91 Å². The van der Waals surface area contributed by atoms with Gasteiger partial charge < -0.3 is 9.47 Å². The first-order valence-corrected chi connectivity index (χ1v) is 10.6. The third-order valence-electron chi connectivity index (χ3n) is 5.37. The number of carbonyl (C=O) groups excluding carboxylic acids is 3. The second kappa shape index (κ2) is 9.53. The molecule has 33 heavy (non-hydrogen) atoms. The Morgan fingerprint density at radius 3 is 2.21 bits per heavy atom. The molecule has 0 atom stereocenters. The van der Waals surface area contributed by atoms with E-state index in [9.17, 15) is 14.4 Å². The summed E-state index contributed by atoms with van der Waals surface area (Å²) in [6, 6.07) is 23.4. The van der Waals surface area contributed by atoms with Gasteiger partial charge in [-0.2, -0.15) is 0 Å². The third-order valence-corrected chi connectivity index (χ3v) is 5.37. The van der Waals surface area contributed by atoms with Gasteiger partial charge in [0, 0.05) is 23.6 Å². The van der Waals surface area contributed by atoms with E-state index in [-0.39, 0.29) is 24.9 Å². The number of carbonyl (C=O) groups is 3. The molecule has 6 heteroatoms. The van der Waals surface area contributed by atoms with E-state index in [1.807, 2.05) is 61.5 Å². The number of hydrogen-bond acceptors (Lipinski definition) is 5. The van der Waals surface area contributed by atoms with Crippen LogP contribution in [-0.4, -0.2) is 22.4 Å². The van der Waals surface area contributed by atoms with Gasteiger partial charge in [0.1, 0.15) is 12.4 Å². The first kappa shape index (κ1) is 22.0. The molecule has 0 saturated heterocycles. The molecule has 0 saturated carbocycles. The van der Waals surface area contributed by atoms with Crippen molar-refractivity contribution in [2.24, 2.45) is 0 Å². The lowest BCUT2D eigenvalue weighted by atomic mass is 10.1. The van der Waals surface area contributed by atoms with Gasteiger partial charge in [-0.3, -0.25) is 19.0 Å². The maximum atomic E-state index is 13.4. The van der Waals surface area contributed by atoms with Gasteiger partial charge in [0.15, 0.2) is 0 Å². The standard InChI is InChI=1S/C27H23NO5/c1-18-24(16-26(30)32-17-20-8-4-3-5-9-20)23-10-6-7-11-25(23)28(18)27(31)21-12-14-22(15-13-21)33-19(2)29/h3-15H,16-17H2,1-2H3. The SMILES string of the molecule is CC(=O)Oc1ccc(C(=O)n2c(C)c(CC(=O)OCc3ccccc3)c3ccccc32)cc1. The zero-order valence-corrected chi connectivity index (χ0v) is 18.4. The van der Waals surface area contributed by atoms with Crippen LogP contribution in [0.1, 0.15) is 34.1 Å². The lowest BCUT2D eigenvalue weighted by molar-refractivity contribution is -0.144. The Hall–Kier alpha value is -4.19. The van der Waals surface area contributed by atoms with Crippen LogP contribution < -0.4 is 4.74 Å². The Morgan fingerprint density at radius 2 is 1.52 bits per heavy atom. The summed E-state index contributed by atoms with van der Waals surface area (Å²) >= 11 is 0. The summed E-state index contributed by atoms with van der Waals surface area (Å²) < 4.78 is 12.1. The molecule has 4 aromatic rings. The molecule has 0 aliphatic rings. The van der Waals surface area contributed by atoms with E-state index in [0.29, 0.717) is 17.0 Å². The van der Waals surface area contributed by atoms with Gasteiger partial charge in [0.05, 0.1) is 11.9 Å². The van der Waals surface area contributed by atoms with Crippen molar-refractivity contribution < 1.29 is 23.9 Å². The maximum absolute atomic E-state index is 13.4. The molecular formula is C27H23NO5. The zero-order valence-electron chi connectivity index (χ0n) is 18.4. The van der Waals surface area contributed by atoms with Crippen molar-refractivity contribution in [3.63, 3.8) is 0 Å². The largest absolute Gasteiger partial charge is 0.461 e. The summed E-state index contributed by atoms with van der Waals surface area (Å²) in [4.78, 5) is 37.1. The Kier molecular flexibility index (Phi) is 6.36. The Labute approximate surface area is 191 Å². The molecule has 0 amide bonds. The van der Waals surface area contributed by atoms with Gasteiger partial charge in [-0.25, -0.2) is 0 Å². The fourth-order valence-electron chi connectivity index (χ4n) is 3.81. The van der Waals surface area contributed by atoms with Crippen LogP contribution in [0.25, 0.3) is 10.9 Å². The molecule has 0 aliphatic carbocycles. The Bertz CT molecular complexity index is 1320. The zero-order chi connectivity index (χ0) is 23.4. The number of aromatic nitrogens is 1. The maximum Gasteiger partial charge on any atom is 0.310 e. The van der Waals surface area contributed by atoms with Crippen LogP contribution in [0.3, 0.4) is 0 Å². The van der Waals surface area contributed by atoms with Gasteiger partial charge in [-0.1, -0.05) is 48.5 Å². The summed E-state index contributed by atoms with van der Waals surface area (Å²) in [6.07, 6.45) is 0.0604. The summed E-state index contributed by atoms with van der Waals surface area (Å²) in [5.41, 5.74) is 3.51. The fourth-order valence-corrected chi connectivity index (χ4v) is 3.81. The first-order chi connectivity index (χ1) is 15.9. The quantitative estimate of drug-likeness (QED) is 0.316. The van der Waals surface area contributed by atoms with Gasteiger partial charge in [-0.05, 0) is 48.4 Å². The monoisotopic (exact) mass is 441 g/mol. The number of nitrogens with zero attached hydrogens (tertiary/aromatic N) is 1. The predicted molar refractivity (Wildman–Crippen MR) is 124 cm³/mol. The lowest BCUT2D eigenvalue weighted by Gasteiger charge is -2.09. The molecule has 0 radical (unpaired) electrons. The van der Waals surface area contributed by atoms with E-state index in [1.165, 1.54) is 6.92 Å². The minimum Gasteiger partial charge on any atom is -0.461 e. The summed E-state index contributed by atoms with van der Waals surface area (Å²) in [6.45, 7) is 3.34. The number of ether oxygens (including phenoxy) is 2. The van der Waals surface area contributed by atoms with Crippen molar-refractivity contribution >= 4 is 28.7 Å². The molecule has 0 fully saturated rings. The van der Waals surface area contributed by atoms with Gasteiger partial charge in [-0.15, -0.1) is 0 Å². The van der Waals surface area contributed by atoms with Crippen LogP contribution in [0.5, 0.6) is 5.75 Å². The summed E-state index contributed by atoms with van der Waals surface area (Å²) in [7, 11) is 0. The van der Waals surface area contributed by atoms with E-state index >= 15 is 0 Å². The molecule has 0 bridgehead atoms. The van der Waals surface area contributed by atoms with Crippen LogP contribution in [0, 0.1) is 6.92 Å². The molecule has 0 N–H and O–H groups in total. The van der Waals surface area contributed by atoms with Crippen molar-refractivity contribution in [2.75, 3.05) is 0 Å². The van der Waals surface area contributed by atoms with Crippen molar-refractivity contribution in [1.29, 1.82) is 0 Å². The average molecular weight is 441 g/mol. The fraction of sp³-hybridized carbons (Fsp3) is 0.148. The average Bonchev–Trinajstić information content (AvgIpc) is 3.09. The van der Waals surface area contributed by atoms with Crippen molar-refractivity contribution in [1.82, 2.24) is 4.57 Å². The Morgan fingerprint density at radius 1 is 0.848 bits per heavy atom. The van der Waals surface area contributed by atoms with E-state index in [4.69, 9.17) is 9.47 Å². The third kappa shape index (κ3) is 4.85. The predicted octanol–water partition coefficient (Wildman–Crippen LogP) is 4.85. The van der Waals surface area contributed by atoms with Crippen LogP contribution in [0.2, 0.25) is 0 Å². The minimum atomic E-state index is -0.426. The molecule has 1 heterocycles. The number of benzene rings is 3. The van der Waals surface area contributed by atoms with Crippen molar-refractivity contribution in [2.45, 2.75) is 26.9 Å². The molecule has 4 rings (SSSR count). The Balaban J connectivity index is 1.61. The van der Waals surface area contributed by atoms with Crippen LogP contribution in [0.4, 0.5) is 0 Å². The molecule has 0 spiro atoms. The molecular weight excluding hydrogens is 418 g/mol. The van der Waals surface area contributed by atoms with Crippen molar-refractivity contribution in [3.05, 3.63) is 101 Å². The molecule has 1 aromatic heterocycles. The van der Waals surface area contributed by atoms with Crippen LogP contribution in [0.15, 0.2) is 78.9 Å². The van der Waals surface area contributed by atoms with Gasteiger partial charge >= 0.3 is 11.9 Å². The molecule has 166 valence electrons. The topological polar surface area (TPSA) is 74.6 Å². The highest BCUT2D eigenvalue weighted by molar-refractivity contribution is 6.04. The highest BCUT2D eigenvalue weighted by Crippen LogP contribution is 2.28. The smallest absolute Gasteiger partial charge is 0.310 e. The molecule has 0 unspecified atom stereocenters. The van der Waals surface area contributed by atoms with E-state index in [0.717, 1.165) is 22.0 Å². The highest BCUT2D eigenvalue weighted by Gasteiger charge is 2.21. The number of hydrogen-bond donors (Lipinski definition) is 0.